The number of hydrogen-bond donors (Lipinski definition) is 3. The molecule has 5 N–H and O–H groups in total. The Morgan fingerprint density at radius 3 is 2.61 bits per heavy atom. The van der Waals surface area contributed by atoms with Crippen molar-refractivity contribution in [2.45, 2.75) is 50.3 Å². The van der Waals surface area contributed by atoms with Crippen molar-refractivity contribution in [2.24, 2.45) is 11.5 Å². The molecule has 1 aliphatic rings. The fraction of sp³-hybridized carbons (Fsp3) is 0.435. The summed E-state index contributed by atoms with van der Waals surface area (Å²) in [5.41, 5.74) is 15.7. The monoisotopic (exact) mass is 381 g/mol. The second kappa shape index (κ2) is 8.43. The van der Waals surface area contributed by atoms with Crippen molar-refractivity contribution < 1.29 is 9.53 Å². The summed E-state index contributed by atoms with van der Waals surface area (Å²) in [4.78, 5) is 11.6. The molecule has 0 bridgehead atoms. The van der Waals surface area contributed by atoms with Gasteiger partial charge in [0.05, 0.1) is 6.10 Å². The molecule has 3 rings (SSSR count). The molecule has 0 radical (unpaired) electrons. The van der Waals surface area contributed by atoms with Crippen LogP contribution in [0.4, 0.5) is 0 Å². The Balaban J connectivity index is 1.76. The number of benzene rings is 2. The maximum Gasteiger partial charge on any atom is 0.248 e. The van der Waals surface area contributed by atoms with Gasteiger partial charge >= 0.3 is 0 Å². The number of primary amides is 1. The molecule has 150 valence electrons. The van der Waals surface area contributed by atoms with Gasteiger partial charge in [0, 0.05) is 36.6 Å². The van der Waals surface area contributed by atoms with Gasteiger partial charge in [-0.25, -0.2) is 0 Å². The van der Waals surface area contributed by atoms with Gasteiger partial charge in [-0.15, -0.1) is 0 Å². The van der Waals surface area contributed by atoms with Crippen LogP contribution in [0.3, 0.4) is 0 Å². The van der Waals surface area contributed by atoms with Crippen LogP contribution < -0.4 is 16.8 Å². The first-order chi connectivity index (χ1) is 13.3. The molecule has 3 atom stereocenters. The Morgan fingerprint density at radius 2 is 1.96 bits per heavy atom. The first kappa shape index (κ1) is 20.5. The molecule has 0 saturated carbocycles. The lowest BCUT2D eigenvalue weighted by Crippen LogP contribution is -2.57. The average molecular weight is 382 g/mol. The summed E-state index contributed by atoms with van der Waals surface area (Å²) >= 11 is 0. The number of amides is 1. The summed E-state index contributed by atoms with van der Waals surface area (Å²) in [7, 11) is 1.76. The highest BCUT2D eigenvalue weighted by atomic mass is 16.5. The zero-order valence-electron chi connectivity index (χ0n) is 16.9. The van der Waals surface area contributed by atoms with E-state index in [2.05, 4.69) is 31.3 Å². The smallest absolute Gasteiger partial charge is 0.248 e. The minimum absolute atomic E-state index is 0.00449. The van der Waals surface area contributed by atoms with Gasteiger partial charge < -0.3 is 21.5 Å². The lowest BCUT2D eigenvalue weighted by atomic mass is 9.67. The second-order valence-electron chi connectivity index (χ2n) is 8.17. The van der Waals surface area contributed by atoms with Crippen LogP contribution in [0, 0.1) is 0 Å². The molecule has 0 aromatic heterocycles. The Kier molecular flexibility index (Phi) is 6.18. The number of carbonyl (C=O) groups excluding carboxylic acids is 1. The summed E-state index contributed by atoms with van der Waals surface area (Å²) < 4.78 is 5.83. The SMILES string of the molecule is COC1Cc2ccc(C(N)=O)cc2C(C)(C)C1NCC[C@@H](N)c1ccccc1. The predicted molar refractivity (Wildman–Crippen MR) is 112 cm³/mol. The van der Waals surface area contributed by atoms with Crippen LogP contribution in [-0.4, -0.2) is 31.7 Å². The van der Waals surface area contributed by atoms with Crippen molar-refractivity contribution in [3.05, 3.63) is 70.8 Å². The molecule has 5 heteroatoms. The van der Waals surface area contributed by atoms with Crippen molar-refractivity contribution in [1.29, 1.82) is 0 Å². The maximum atomic E-state index is 11.6. The minimum atomic E-state index is -0.397. The van der Waals surface area contributed by atoms with E-state index in [0.717, 1.165) is 30.5 Å². The van der Waals surface area contributed by atoms with E-state index in [4.69, 9.17) is 16.2 Å². The van der Waals surface area contributed by atoms with Crippen molar-refractivity contribution in [3.8, 4) is 0 Å². The van der Waals surface area contributed by atoms with Gasteiger partial charge in [0.2, 0.25) is 5.91 Å². The zero-order valence-corrected chi connectivity index (χ0v) is 16.9. The summed E-state index contributed by atoms with van der Waals surface area (Å²) in [6, 6.07) is 16.0. The largest absolute Gasteiger partial charge is 0.379 e. The Morgan fingerprint density at radius 1 is 1.25 bits per heavy atom. The molecule has 2 aromatic rings. The van der Waals surface area contributed by atoms with E-state index >= 15 is 0 Å². The van der Waals surface area contributed by atoms with Crippen molar-refractivity contribution in [1.82, 2.24) is 5.32 Å². The topological polar surface area (TPSA) is 90.4 Å². The molecule has 0 fully saturated rings. The number of nitrogens with one attached hydrogen (secondary N) is 1. The van der Waals surface area contributed by atoms with Gasteiger partial charge in [-0.2, -0.15) is 0 Å². The van der Waals surface area contributed by atoms with E-state index in [9.17, 15) is 4.79 Å². The van der Waals surface area contributed by atoms with Crippen LogP contribution in [0.5, 0.6) is 0 Å². The molecule has 28 heavy (non-hydrogen) atoms. The van der Waals surface area contributed by atoms with Crippen LogP contribution in [0.15, 0.2) is 48.5 Å². The highest BCUT2D eigenvalue weighted by Gasteiger charge is 2.42. The van der Waals surface area contributed by atoms with E-state index in [0.29, 0.717) is 5.56 Å². The first-order valence-corrected chi connectivity index (χ1v) is 9.84. The second-order valence-corrected chi connectivity index (χ2v) is 8.17. The molecule has 0 heterocycles. The molecule has 5 nitrogen and oxygen atoms in total. The van der Waals surface area contributed by atoms with E-state index in [1.54, 1.807) is 13.2 Å². The Labute approximate surface area is 167 Å². The number of fused-ring (bicyclic) bond motifs is 1. The van der Waals surface area contributed by atoms with Crippen LogP contribution in [0.2, 0.25) is 0 Å². The van der Waals surface area contributed by atoms with Crippen LogP contribution in [-0.2, 0) is 16.6 Å². The number of carbonyl (C=O) groups is 1. The zero-order chi connectivity index (χ0) is 20.3. The number of rotatable bonds is 7. The van der Waals surface area contributed by atoms with Gasteiger partial charge in [0.1, 0.15) is 0 Å². The predicted octanol–water partition coefficient (Wildman–Crippen LogP) is 2.68. The van der Waals surface area contributed by atoms with E-state index in [1.165, 1.54) is 5.56 Å². The quantitative estimate of drug-likeness (QED) is 0.688. The van der Waals surface area contributed by atoms with Crippen molar-refractivity contribution in [3.63, 3.8) is 0 Å². The Bertz CT molecular complexity index is 820. The molecule has 1 aliphatic carbocycles. The molecular formula is C23H31N3O2. The third-order valence-corrected chi connectivity index (χ3v) is 6.01. The third-order valence-electron chi connectivity index (χ3n) is 6.01. The lowest BCUT2D eigenvalue weighted by Gasteiger charge is -2.45. The fourth-order valence-electron chi connectivity index (χ4n) is 4.34. The van der Waals surface area contributed by atoms with Gasteiger partial charge in [0.15, 0.2) is 0 Å². The fourth-order valence-corrected chi connectivity index (χ4v) is 4.34. The molecule has 2 aromatic carbocycles. The van der Waals surface area contributed by atoms with Gasteiger partial charge in [-0.3, -0.25) is 4.79 Å². The molecule has 0 spiro atoms. The standard InChI is InChI=1S/C23H31N3O2/c1-23(2)18-13-17(22(25)27)10-9-16(18)14-20(28-3)21(23)26-12-11-19(24)15-7-5-4-6-8-15/h4-10,13,19-21,26H,11-12,14,24H2,1-3H3,(H2,25,27)/t19-,20?,21?/m1/s1. The average Bonchev–Trinajstić information content (AvgIpc) is 2.69. The number of ether oxygens (including phenoxy) is 1. The summed E-state index contributed by atoms with van der Waals surface area (Å²) in [6.07, 6.45) is 1.69. The summed E-state index contributed by atoms with van der Waals surface area (Å²) in [5, 5.41) is 3.68. The van der Waals surface area contributed by atoms with Gasteiger partial charge in [-0.1, -0.05) is 50.2 Å². The van der Waals surface area contributed by atoms with Gasteiger partial charge in [0.25, 0.3) is 0 Å². The van der Waals surface area contributed by atoms with Crippen LogP contribution in [0.1, 0.15) is 53.4 Å². The Hall–Kier alpha value is -2.21. The lowest BCUT2D eigenvalue weighted by molar-refractivity contribution is 0.0354. The summed E-state index contributed by atoms with van der Waals surface area (Å²) in [6.45, 7) is 5.17. The molecule has 0 aliphatic heterocycles. The van der Waals surface area contributed by atoms with Crippen LogP contribution >= 0.6 is 0 Å². The molecule has 1 amide bonds. The molecule has 2 unspecified atom stereocenters. The molecule has 0 saturated heterocycles. The normalized spacial score (nSPS) is 21.7. The van der Waals surface area contributed by atoms with E-state index in [-0.39, 0.29) is 23.6 Å². The van der Waals surface area contributed by atoms with E-state index in [1.807, 2.05) is 30.3 Å². The summed E-state index contributed by atoms with van der Waals surface area (Å²) in [5.74, 6) is -0.397. The van der Waals surface area contributed by atoms with E-state index < -0.39 is 5.91 Å². The number of nitrogens with two attached hydrogens (primary N) is 2. The highest BCUT2D eigenvalue weighted by molar-refractivity contribution is 5.93. The highest BCUT2D eigenvalue weighted by Crippen LogP contribution is 2.38. The maximum absolute atomic E-state index is 11.6. The molecular weight excluding hydrogens is 350 g/mol. The van der Waals surface area contributed by atoms with Crippen LogP contribution in [0.25, 0.3) is 0 Å². The minimum Gasteiger partial charge on any atom is -0.379 e. The van der Waals surface area contributed by atoms with Crippen molar-refractivity contribution in [2.75, 3.05) is 13.7 Å². The van der Waals surface area contributed by atoms with Crippen molar-refractivity contribution >= 4 is 5.91 Å². The first-order valence-electron chi connectivity index (χ1n) is 9.84. The number of methoxy groups -OCH3 is 1. The third kappa shape index (κ3) is 4.12. The van der Waals surface area contributed by atoms with Gasteiger partial charge in [-0.05, 0) is 41.8 Å². The number of hydrogen-bond acceptors (Lipinski definition) is 4.